The Hall–Kier alpha value is -2.08. The van der Waals surface area contributed by atoms with Gasteiger partial charge in [0.1, 0.15) is 5.75 Å². The second-order valence-corrected chi connectivity index (χ2v) is 4.85. The van der Waals surface area contributed by atoms with Crippen molar-refractivity contribution in [2.24, 2.45) is 0 Å². The lowest BCUT2D eigenvalue weighted by Gasteiger charge is -2.11. The summed E-state index contributed by atoms with van der Waals surface area (Å²) in [7, 11) is 0. The van der Waals surface area contributed by atoms with E-state index in [1.54, 1.807) is 6.07 Å². The molecule has 1 heterocycles. The maximum absolute atomic E-state index is 12.1. The molecule has 21 heavy (non-hydrogen) atoms. The van der Waals surface area contributed by atoms with Crippen LogP contribution in [0.4, 0.5) is 5.69 Å². The monoisotopic (exact) mass is 350 g/mol. The van der Waals surface area contributed by atoms with E-state index in [0.29, 0.717) is 23.2 Å². The first kappa shape index (κ1) is 15.3. The fourth-order valence-electron chi connectivity index (χ4n) is 1.81. The number of aromatic amines is 1. The van der Waals surface area contributed by atoms with Crippen LogP contribution in [0.25, 0.3) is 0 Å². The average molecular weight is 351 g/mol. The Morgan fingerprint density at radius 2 is 2.14 bits per heavy atom. The predicted molar refractivity (Wildman–Crippen MR) is 85.3 cm³/mol. The zero-order chi connectivity index (χ0) is 15.2. The summed E-state index contributed by atoms with van der Waals surface area (Å²) < 4.78 is 5.50. The Bertz CT molecular complexity index is 677. The van der Waals surface area contributed by atoms with E-state index >= 15 is 0 Å². The van der Waals surface area contributed by atoms with Gasteiger partial charge in [-0.05, 0) is 31.2 Å². The van der Waals surface area contributed by atoms with Crippen molar-refractivity contribution in [1.29, 1.82) is 0 Å². The smallest absolute Gasteiger partial charge is 0.257 e. The van der Waals surface area contributed by atoms with Crippen molar-refractivity contribution in [2.45, 2.75) is 12.3 Å². The highest BCUT2D eigenvalue weighted by Crippen LogP contribution is 2.25. The summed E-state index contributed by atoms with van der Waals surface area (Å²) in [6, 6.07) is 8.25. The van der Waals surface area contributed by atoms with Gasteiger partial charge in [0.2, 0.25) is 5.56 Å². The molecule has 0 atom stereocenters. The number of carbonyl (C=O) groups is 1. The number of alkyl halides is 1. The number of amides is 1. The number of H-pyrrole nitrogens is 1. The van der Waals surface area contributed by atoms with E-state index in [4.69, 9.17) is 4.74 Å². The fourth-order valence-corrected chi connectivity index (χ4v) is 2.25. The van der Waals surface area contributed by atoms with Crippen LogP contribution < -0.4 is 15.6 Å². The Balaban J connectivity index is 2.17. The van der Waals surface area contributed by atoms with Crippen LogP contribution in [0.5, 0.6) is 5.75 Å². The maximum atomic E-state index is 12.1. The second-order valence-electron chi connectivity index (χ2n) is 4.28. The number of hydrogen-bond donors (Lipinski definition) is 2. The SMILES string of the molecule is CCOc1ccc(NC(=O)c2ccc(=O)[nH]c2)cc1CBr. The summed E-state index contributed by atoms with van der Waals surface area (Å²) in [6.45, 7) is 2.51. The van der Waals surface area contributed by atoms with E-state index in [1.165, 1.54) is 18.3 Å². The number of carbonyl (C=O) groups excluding carboxylic acids is 1. The third-order valence-corrected chi connectivity index (χ3v) is 3.41. The first-order valence-corrected chi connectivity index (χ1v) is 7.58. The van der Waals surface area contributed by atoms with Crippen molar-refractivity contribution in [3.63, 3.8) is 0 Å². The van der Waals surface area contributed by atoms with Crippen molar-refractivity contribution in [1.82, 2.24) is 4.98 Å². The molecule has 0 aliphatic heterocycles. The van der Waals surface area contributed by atoms with Crippen LogP contribution in [0.3, 0.4) is 0 Å². The van der Waals surface area contributed by atoms with Gasteiger partial charge < -0.3 is 15.0 Å². The number of rotatable bonds is 5. The molecule has 5 nitrogen and oxygen atoms in total. The molecule has 6 heteroatoms. The van der Waals surface area contributed by atoms with E-state index < -0.39 is 0 Å². The highest BCUT2D eigenvalue weighted by atomic mass is 79.9. The van der Waals surface area contributed by atoms with Crippen LogP contribution in [0.15, 0.2) is 41.3 Å². The minimum atomic E-state index is -0.282. The van der Waals surface area contributed by atoms with E-state index in [-0.39, 0.29) is 11.5 Å². The first-order chi connectivity index (χ1) is 10.1. The molecule has 2 N–H and O–H groups in total. The molecule has 2 rings (SSSR count). The molecule has 1 aromatic carbocycles. The Morgan fingerprint density at radius 1 is 1.33 bits per heavy atom. The number of nitrogens with one attached hydrogen (secondary N) is 2. The van der Waals surface area contributed by atoms with Gasteiger partial charge in [-0.25, -0.2) is 0 Å². The number of benzene rings is 1. The average Bonchev–Trinajstić information content (AvgIpc) is 2.49. The van der Waals surface area contributed by atoms with Crippen molar-refractivity contribution >= 4 is 27.5 Å². The summed E-state index contributed by atoms with van der Waals surface area (Å²) in [5.41, 5.74) is 1.78. The highest BCUT2D eigenvalue weighted by molar-refractivity contribution is 9.08. The summed E-state index contributed by atoms with van der Waals surface area (Å²) >= 11 is 3.40. The van der Waals surface area contributed by atoms with Gasteiger partial charge in [0.25, 0.3) is 5.91 Å². The zero-order valence-electron chi connectivity index (χ0n) is 11.5. The van der Waals surface area contributed by atoms with Gasteiger partial charge in [0.15, 0.2) is 0 Å². The Morgan fingerprint density at radius 3 is 2.76 bits per heavy atom. The molecule has 0 aliphatic rings. The van der Waals surface area contributed by atoms with Gasteiger partial charge in [-0.3, -0.25) is 9.59 Å². The predicted octanol–water partition coefficient (Wildman–Crippen LogP) is 2.92. The topological polar surface area (TPSA) is 71.2 Å². The number of ether oxygens (including phenoxy) is 1. The number of hydrogen-bond acceptors (Lipinski definition) is 3. The number of pyridine rings is 1. The number of halogens is 1. The molecule has 0 saturated carbocycles. The normalized spacial score (nSPS) is 10.2. The molecule has 0 bridgehead atoms. The molecule has 0 unspecified atom stereocenters. The third-order valence-electron chi connectivity index (χ3n) is 2.81. The molecule has 1 aromatic heterocycles. The molecule has 0 aliphatic carbocycles. The van der Waals surface area contributed by atoms with E-state index in [9.17, 15) is 9.59 Å². The van der Waals surface area contributed by atoms with Gasteiger partial charge in [0.05, 0.1) is 12.2 Å². The van der Waals surface area contributed by atoms with Crippen molar-refractivity contribution < 1.29 is 9.53 Å². The summed E-state index contributed by atoms with van der Waals surface area (Å²) in [5.74, 6) is 0.507. The molecule has 0 radical (unpaired) electrons. The first-order valence-electron chi connectivity index (χ1n) is 6.46. The number of aromatic nitrogens is 1. The van der Waals surface area contributed by atoms with Gasteiger partial charge in [0, 0.05) is 28.8 Å². The molecule has 2 aromatic rings. The van der Waals surface area contributed by atoms with E-state index in [0.717, 1.165) is 11.3 Å². The quantitative estimate of drug-likeness (QED) is 0.814. The lowest BCUT2D eigenvalue weighted by atomic mass is 10.2. The van der Waals surface area contributed by atoms with Crippen LogP contribution in [0.1, 0.15) is 22.8 Å². The fraction of sp³-hybridized carbons (Fsp3) is 0.200. The molecule has 0 spiro atoms. The minimum absolute atomic E-state index is 0.241. The van der Waals surface area contributed by atoms with Crippen LogP contribution in [-0.2, 0) is 5.33 Å². The van der Waals surface area contributed by atoms with Crippen molar-refractivity contribution in [3.8, 4) is 5.75 Å². The summed E-state index contributed by atoms with van der Waals surface area (Å²) in [6.07, 6.45) is 1.39. The molecule has 0 saturated heterocycles. The van der Waals surface area contributed by atoms with Crippen LogP contribution in [0.2, 0.25) is 0 Å². The minimum Gasteiger partial charge on any atom is -0.494 e. The zero-order valence-corrected chi connectivity index (χ0v) is 13.1. The lowest BCUT2D eigenvalue weighted by molar-refractivity contribution is 0.102. The molecular formula is C15H15BrN2O3. The molecule has 110 valence electrons. The Kier molecular flexibility index (Phi) is 5.16. The van der Waals surface area contributed by atoms with Gasteiger partial charge in [-0.1, -0.05) is 15.9 Å². The molecule has 0 fully saturated rings. The van der Waals surface area contributed by atoms with Crippen LogP contribution in [0, 0.1) is 0 Å². The van der Waals surface area contributed by atoms with E-state index in [1.807, 2.05) is 19.1 Å². The van der Waals surface area contributed by atoms with E-state index in [2.05, 4.69) is 26.2 Å². The summed E-state index contributed by atoms with van der Waals surface area (Å²) in [5, 5.41) is 3.41. The standard InChI is InChI=1S/C15H15BrN2O3/c1-2-21-13-5-4-12(7-11(13)8-16)18-15(20)10-3-6-14(19)17-9-10/h3-7,9H,2,8H2,1H3,(H,17,19)(H,18,20). The lowest BCUT2D eigenvalue weighted by Crippen LogP contribution is -2.14. The Labute approximate surface area is 130 Å². The molecular weight excluding hydrogens is 336 g/mol. The third kappa shape index (κ3) is 3.95. The van der Waals surface area contributed by atoms with Crippen molar-refractivity contribution in [2.75, 3.05) is 11.9 Å². The van der Waals surface area contributed by atoms with Gasteiger partial charge in [-0.2, -0.15) is 0 Å². The largest absolute Gasteiger partial charge is 0.494 e. The van der Waals surface area contributed by atoms with Crippen LogP contribution >= 0.6 is 15.9 Å². The number of anilines is 1. The maximum Gasteiger partial charge on any atom is 0.257 e. The molecule has 1 amide bonds. The van der Waals surface area contributed by atoms with Crippen LogP contribution in [-0.4, -0.2) is 17.5 Å². The second kappa shape index (κ2) is 7.08. The van der Waals surface area contributed by atoms with Gasteiger partial charge in [-0.15, -0.1) is 0 Å². The van der Waals surface area contributed by atoms with Crippen molar-refractivity contribution in [3.05, 3.63) is 58.0 Å². The highest BCUT2D eigenvalue weighted by Gasteiger charge is 2.08. The summed E-state index contributed by atoms with van der Waals surface area (Å²) in [4.78, 5) is 25.5. The van der Waals surface area contributed by atoms with Gasteiger partial charge >= 0.3 is 0 Å².